The number of nitrogens with zero attached hydrogens (tertiary/aromatic N) is 1. The molecule has 2 fully saturated rings. The van der Waals surface area contributed by atoms with Crippen LogP contribution in [-0.4, -0.2) is 22.1 Å². The van der Waals surface area contributed by atoms with Gasteiger partial charge in [0.1, 0.15) is 5.76 Å². The molecule has 1 aromatic heterocycles. The molecular weight excluding hydrogens is 440 g/mol. The van der Waals surface area contributed by atoms with Crippen LogP contribution >= 0.6 is 0 Å². The van der Waals surface area contributed by atoms with Crippen molar-refractivity contribution in [1.29, 1.82) is 0 Å². The molecule has 6 heteroatoms. The number of rotatable bonds is 10. The molecule has 2 aliphatic rings. The van der Waals surface area contributed by atoms with Crippen molar-refractivity contribution in [2.24, 2.45) is 17.3 Å². The molecular formula is C29H40N2O4. The van der Waals surface area contributed by atoms with E-state index in [1.54, 1.807) is 13.8 Å². The predicted octanol–water partition coefficient (Wildman–Crippen LogP) is 6.93. The van der Waals surface area contributed by atoms with Crippen LogP contribution in [0.4, 0.5) is 5.69 Å². The monoisotopic (exact) mass is 480 g/mol. The molecule has 1 atom stereocenters. The van der Waals surface area contributed by atoms with E-state index in [1.165, 1.54) is 6.42 Å². The normalized spacial score (nSPS) is 21.0. The van der Waals surface area contributed by atoms with Gasteiger partial charge in [0.05, 0.1) is 11.1 Å². The lowest BCUT2D eigenvalue weighted by atomic mass is 9.68. The SMILES string of the molecule is Cc1ccc(NC(=O)C[C@@H](c2noc(C3CC(CC(C)C)C3)c2C2CC2)C(C)(C)C(=O)O)c(C)c1. The summed E-state index contributed by atoms with van der Waals surface area (Å²) in [5, 5.41) is 17.6. The van der Waals surface area contributed by atoms with Gasteiger partial charge >= 0.3 is 5.97 Å². The number of hydrogen-bond donors (Lipinski definition) is 2. The molecule has 0 saturated heterocycles. The van der Waals surface area contributed by atoms with E-state index in [1.807, 2.05) is 32.0 Å². The van der Waals surface area contributed by atoms with Gasteiger partial charge in [0.25, 0.3) is 0 Å². The van der Waals surface area contributed by atoms with Crippen LogP contribution in [0.15, 0.2) is 22.7 Å². The van der Waals surface area contributed by atoms with Crippen LogP contribution in [0.5, 0.6) is 0 Å². The van der Waals surface area contributed by atoms with E-state index >= 15 is 0 Å². The van der Waals surface area contributed by atoms with Crippen LogP contribution in [0, 0.1) is 31.1 Å². The molecule has 0 aliphatic heterocycles. The van der Waals surface area contributed by atoms with Gasteiger partial charge in [-0.25, -0.2) is 0 Å². The molecule has 35 heavy (non-hydrogen) atoms. The van der Waals surface area contributed by atoms with E-state index in [2.05, 4.69) is 24.3 Å². The molecule has 0 radical (unpaired) electrons. The van der Waals surface area contributed by atoms with Crippen molar-refractivity contribution in [3.05, 3.63) is 46.3 Å². The Labute approximate surface area is 208 Å². The number of hydrogen-bond acceptors (Lipinski definition) is 4. The molecule has 2 aliphatic carbocycles. The number of aliphatic carboxylic acids is 1. The van der Waals surface area contributed by atoms with Crippen LogP contribution < -0.4 is 5.32 Å². The summed E-state index contributed by atoms with van der Waals surface area (Å²) in [5.41, 5.74) is 3.46. The Morgan fingerprint density at radius 1 is 1.17 bits per heavy atom. The van der Waals surface area contributed by atoms with Gasteiger partial charge < -0.3 is 14.9 Å². The summed E-state index contributed by atoms with van der Waals surface area (Å²) in [6.45, 7) is 11.9. The van der Waals surface area contributed by atoms with E-state index < -0.39 is 17.3 Å². The lowest BCUT2D eigenvalue weighted by Crippen LogP contribution is -2.34. The van der Waals surface area contributed by atoms with Crippen LogP contribution in [0.1, 0.15) is 112 Å². The zero-order chi connectivity index (χ0) is 25.5. The minimum atomic E-state index is -1.17. The van der Waals surface area contributed by atoms with E-state index in [0.29, 0.717) is 23.4 Å². The molecule has 0 unspecified atom stereocenters. The van der Waals surface area contributed by atoms with Gasteiger partial charge in [-0.3, -0.25) is 9.59 Å². The van der Waals surface area contributed by atoms with Crippen LogP contribution in [0.3, 0.4) is 0 Å². The molecule has 1 aromatic carbocycles. The van der Waals surface area contributed by atoms with Crippen molar-refractivity contribution >= 4 is 17.6 Å². The molecule has 2 N–H and O–H groups in total. The number of carboxylic acid groups (broad SMARTS) is 1. The summed E-state index contributed by atoms with van der Waals surface area (Å²) in [5.74, 6) is 1.35. The van der Waals surface area contributed by atoms with E-state index in [0.717, 1.165) is 59.7 Å². The summed E-state index contributed by atoms with van der Waals surface area (Å²) in [4.78, 5) is 25.5. The van der Waals surface area contributed by atoms with Gasteiger partial charge in [0.2, 0.25) is 5.91 Å². The topological polar surface area (TPSA) is 92.4 Å². The Morgan fingerprint density at radius 2 is 1.86 bits per heavy atom. The molecule has 2 aromatic rings. The van der Waals surface area contributed by atoms with Crippen LogP contribution in [0.2, 0.25) is 0 Å². The first-order valence-corrected chi connectivity index (χ1v) is 13.1. The highest BCUT2D eigenvalue weighted by atomic mass is 16.5. The predicted molar refractivity (Wildman–Crippen MR) is 137 cm³/mol. The van der Waals surface area contributed by atoms with E-state index in [4.69, 9.17) is 4.52 Å². The molecule has 1 amide bonds. The van der Waals surface area contributed by atoms with Crippen molar-refractivity contribution < 1.29 is 19.2 Å². The molecule has 190 valence electrons. The van der Waals surface area contributed by atoms with Crippen molar-refractivity contribution in [3.63, 3.8) is 0 Å². The quantitative estimate of drug-likeness (QED) is 0.384. The first-order chi connectivity index (χ1) is 16.5. The molecule has 2 saturated carbocycles. The van der Waals surface area contributed by atoms with E-state index in [-0.39, 0.29) is 12.3 Å². The lowest BCUT2D eigenvalue weighted by molar-refractivity contribution is -0.148. The fraction of sp³-hybridized carbons (Fsp3) is 0.621. The highest BCUT2D eigenvalue weighted by Crippen LogP contribution is 2.54. The number of amides is 1. The summed E-state index contributed by atoms with van der Waals surface area (Å²) >= 11 is 0. The first-order valence-electron chi connectivity index (χ1n) is 13.1. The third-order valence-electron chi connectivity index (χ3n) is 7.98. The number of aryl methyl sites for hydroxylation is 2. The van der Waals surface area contributed by atoms with Gasteiger partial charge in [0, 0.05) is 29.5 Å². The average molecular weight is 481 g/mol. The Morgan fingerprint density at radius 3 is 2.43 bits per heavy atom. The minimum absolute atomic E-state index is 0.0406. The van der Waals surface area contributed by atoms with Gasteiger partial charge in [-0.2, -0.15) is 0 Å². The molecule has 1 heterocycles. The number of nitrogens with one attached hydrogen (secondary N) is 1. The second-order valence-electron chi connectivity index (χ2n) is 11.9. The fourth-order valence-corrected chi connectivity index (χ4v) is 5.64. The maximum Gasteiger partial charge on any atom is 0.309 e. The van der Waals surface area contributed by atoms with Gasteiger partial charge in [-0.15, -0.1) is 0 Å². The summed E-state index contributed by atoms with van der Waals surface area (Å²) < 4.78 is 5.97. The van der Waals surface area contributed by atoms with Crippen molar-refractivity contribution in [3.8, 4) is 0 Å². The summed E-state index contributed by atoms with van der Waals surface area (Å²) in [7, 11) is 0. The molecule has 0 spiro atoms. The van der Waals surface area contributed by atoms with Crippen LogP contribution in [-0.2, 0) is 9.59 Å². The zero-order valence-corrected chi connectivity index (χ0v) is 22.0. The minimum Gasteiger partial charge on any atom is -0.481 e. The zero-order valence-electron chi connectivity index (χ0n) is 22.0. The smallest absolute Gasteiger partial charge is 0.309 e. The first kappa shape index (κ1) is 25.5. The van der Waals surface area contributed by atoms with Crippen molar-refractivity contribution in [2.75, 3.05) is 5.32 Å². The fourth-order valence-electron chi connectivity index (χ4n) is 5.64. The highest BCUT2D eigenvalue weighted by molar-refractivity contribution is 5.92. The standard InChI is InChI=1S/C29H40N2O4/c1-16(2)11-19-13-21(14-19)27-25(20-8-9-20)26(31-35-27)22(29(5,6)28(33)34)15-24(32)30-23-10-7-17(3)12-18(23)4/h7,10,12,16,19-22H,8-9,11,13-15H2,1-6H3,(H,30,32)(H,33,34)/t19?,21?,22-/m0/s1. The number of benzene rings is 1. The van der Waals surface area contributed by atoms with Crippen molar-refractivity contribution in [2.45, 2.75) is 97.8 Å². The second-order valence-corrected chi connectivity index (χ2v) is 11.9. The number of carbonyl (C=O) groups is 2. The maximum absolute atomic E-state index is 13.2. The number of anilines is 1. The molecule has 6 nitrogen and oxygen atoms in total. The number of carboxylic acids is 1. The Balaban J connectivity index is 1.60. The number of carbonyl (C=O) groups excluding carboxylic acids is 1. The average Bonchev–Trinajstić information content (AvgIpc) is 3.49. The summed E-state index contributed by atoms with van der Waals surface area (Å²) in [6.07, 6.45) is 5.61. The van der Waals surface area contributed by atoms with Gasteiger partial charge in [0.15, 0.2) is 0 Å². The van der Waals surface area contributed by atoms with Gasteiger partial charge in [-0.1, -0.05) is 36.7 Å². The maximum atomic E-state index is 13.2. The summed E-state index contributed by atoms with van der Waals surface area (Å²) in [6, 6.07) is 5.88. The third-order valence-corrected chi connectivity index (χ3v) is 7.98. The van der Waals surface area contributed by atoms with E-state index in [9.17, 15) is 14.7 Å². The molecule has 4 rings (SSSR count). The third kappa shape index (κ3) is 5.46. The second kappa shape index (κ2) is 9.79. The molecule has 0 bridgehead atoms. The lowest BCUT2D eigenvalue weighted by Gasteiger charge is -2.35. The largest absolute Gasteiger partial charge is 0.481 e. The van der Waals surface area contributed by atoms with Crippen LogP contribution in [0.25, 0.3) is 0 Å². The number of aromatic nitrogens is 1. The Bertz CT molecular complexity index is 1090. The highest BCUT2D eigenvalue weighted by Gasteiger charge is 2.47. The Kier molecular flexibility index (Phi) is 7.12. The Hall–Kier alpha value is -2.63. The van der Waals surface area contributed by atoms with Gasteiger partial charge in [-0.05, 0) is 89.2 Å². The van der Waals surface area contributed by atoms with Crippen molar-refractivity contribution in [1.82, 2.24) is 5.16 Å².